The second kappa shape index (κ2) is 8.56. The fourth-order valence-electron chi connectivity index (χ4n) is 2.76. The summed E-state index contributed by atoms with van der Waals surface area (Å²) in [5.41, 5.74) is 2.00. The lowest BCUT2D eigenvalue weighted by molar-refractivity contribution is 0.509. The van der Waals surface area contributed by atoms with Gasteiger partial charge < -0.3 is 5.32 Å². The van der Waals surface area contributed by atoms with Gasteiger partial charge in [0.25, 0.3) is 10.0 Å². The van der Waals surface area contributed by atoms with Gasteiger partial charge >= 0.3 is 0 Å². The van der Waals surface area contributed by atoms with Crippen LogP contribution in [0, 0.1) is 25.5 Å². The topological polar surface area (TPSA) is 88.9 Å². The average molecular weight is 421 g/mol. The van der Waals surface area contributed by atoms with Crippen molar-refractivity contribution >= 4 is 21.5 Å². The van der Waals surface area contributed by atoms with Crippen LogP contribution in [0.4, 0.5) is 20.3 Å². The summed E-state index contributed by atoms with van der Waals surface area (Å²) in [6, 6.07) is 7.72. The van der Waals surface area contributed by atoms with Crippen molar-refractivity contribution in [1.82, 2.24) is 14.8 Å². The lowest BCUT2D eigenvalue weighted by Crippen LogP contribution is -2.14. The van der Waals surface area contributed by atoms with Gasteiger partial charge in [-0.3, -0.25) is 9.40 Å². The molecule has 0 spiro atoms. The van der Waals surface area contributed by atoms with Gasteiger partial charge in [-0.1, -0.05) is 0 Å². The predicted octanol–water partition coefficient (Wildman–Crippen LogP) is 3.48. The fraction of sp³-hybridized carbons (Fsp3) is 0.263. The molecule has 0 fully saturated rings. The molecule has 0 saturated carbocycles. The van der Waals surface area contributed by atoms with Crippen LogP contribution in [0.25, 0.3) is 0 Å². The Morgan fingerprint density at radius 2 is 1.86 bits per heavy atom. The number of nitrogens with one attached hydrogen (secondary N) is 2. The Morgan fingerprint density at radius 3 is 2.48 bits per heavy atom. The van der Waals surface area contributed by atoms with E-state index in [4.69, 9.17) is 0 Å². The highest BCUT2D eigenvalue weighted by molar-refractivity contribution is 7.92. The van der Waals surface area contributed by atoms with Crippen molar-refractivity contribution in [1.29, 1.82) is 0 Å². The largest absolute Gasteiger partial charge is 0.370 e. The van der Waals surface area contributed by atoms with Gasteiger partial charge in [-0.05, 0) is 50.6 Å². The number of anilines is 2. The van der Waals surface area contributed by atoms with Crippen LogP contribution in [-0.4, -0.2) is 29.7 Å². The lowest BCUT2D eigenvalue weighted by atomic mass is 10.3. The first kappa shape index (κ1) is 20.7. The zero-order valence-corrected chi connectivity index (χ0v) is 16.8. The van der Waals surface area contributed by atoms with Gasteiger partial charge in [0, 0.05) is 31.0 Å². The molecule has 154 valence electrons. The Kier molecular flexibility index (Phi) is 6.12. The van der Waals surface area contributed by atoms with E-state index in [0.717, 1.165) is 42.6 Å². The van der Waals surface area contributed by atoms with Crippen molar-refractivity contribution < 1.29 is 17.2 Å². The van der Waals surface area contributed by atoms with Crippen LogP contribution in [0.15, 0.2) is 47.5 Å². The highest BCUT2D eigenvalue weighted by Crippen LogP contribution is 2.18. The number of hydrogen-bond donors (Lipinski definition) is 2. The Bertz CT molecular complexity index is 1100. The number of aryl methyl sites for hydroxylation is 3. The number of pyridine rings is 1. The molecule has 1 aromatic carbocycles. The second-order valence-electron chi connectivity index (χ2n) is 6.54. The molecule has 10 heteroatoms. The first-order chi connectivity index (χ1) is 13.7. The smallest absolute Gasteiger partial charge is 0.263 e. The highest BCUT2D eigenvalue weighted by Gasteiger charge is 2.16. The van der Waals surface area contributed by atoms with E-state index < -0.39 is 21.7 Å². The number of benzene rings is 1. The van der Waals surface area contributed by atoms with Gasteiger partial charge in [-0.2, -0.15) is 5.10 Å². The third-order valence-corrected chi connectivity index (χ3v) is 5.54. The Labute approximate surface area is 167 Å². The molecule has 0 aliphatic carbocycles. The van der Waals surface area contributed by atoms with Gasteiger partial charge in [-0.25, -0.2) is 22.2 Å². The third kappa shape index (κ3) is 5.29. The van der Waals surface area contributed by atoms with Gasteiger partial charge in [0.1, 0.15) is 10.7 Å². The summed E-state index contributed by atoms with van der Waals surface area (Å²) >= 11 is 0. The summed E-state index contributed by atoms with van der Waals surface area (Å²) < 4.78 is 55.1. The second-order valence-corrected chi connectivity index (χ2v) is 8.23. The number of rotatable bonds is 8. The molecule has 3 aromatic rings. The van der Waals surface area contributed by atoms with Crippen LogP contribution >= 0.6 is 0 Å². The molecule has 0 aliphatic heterocycles. The van der Waals surface area contributed by atoms with Gasteiger partial charge in [-0.15, -0.1) is 0 Å². The van der Waals surface area contributed by atoms with Gasteiger partial charge in [0.15, 0.2) is 11.6 Å². The van der Waals surface area contributed by atoms with Crippen molar-refractivity contribution in [2.75, 3.05) is 16.6 Å². The maximum atomic E-state index is 13.3. The van der Waals surface area contributed by atoms with E-state index in [2.05, 4.69) is 20.1 Å². The number of nitrogens with zero attached hydrogens (tertiary/aromatic N) is 3. The first-order valence-electron chi connectivity index (χ1n) is 8.93. The van der Waals surface area contributed by atoms with E-state index in [1.807, 2.05) is 24.6 Å². The molecular weight excluding hydrogens is 400 g/mol. The molecule has 0 unspecified atom stereocenters. The molecule has 0 amide bonds. The van der Waals surface area contributed by atoms with Crippen molar-refractivity contribution in [3.8, 4) is 0 Å². The number of sulfonamides is 1. The molecule has 0 atom stereocenters. The fourth-order valence-corrected chi connectivity index (χ4v) is 3.76. The van der Waals surface area contributed by atoms with E-state index in [-0.39, 0.29) is 10.6 Å². The normalized spacial score (nSPS) is 11.4. The standard InChI is InChI=1S/C19H21F2N5O2S/c1-13-10-14(2)26(24-13)9-3-8-22-19-7-5-16(12-23-19)29(27,28)25-15-4-6-17(20)18(21)11-15/h4-7,10-12,25H,3,8-9H2,1-2H3,(H,22,23). The summed E-state index contributed by atoms with van der Waals surface area (Å²) in [4.78, 5) is 4.01. The Morgan fingerprint density at radius 1 is 1.07 bits per heavy atom. The quantitative estimate of drug-likeness (QED) is 0.544. The summed E-state index contributed by atoms with van der Waals surface area (Å²) in [6.45, 7) is 5.35. The van der Waals surface area contributed by atoms with Crippen LogP contribution in [0.1, 0.15) is 17.8 Å². The van der Waals surface area contributed by atoms with Crippen molar-refractivity contribution in [3.63, 3.8) is 0 Å². The minimum Gasteiger partial charge on any atom is -0.370 e. The molecule has 2 heterocycles. The molecule has 0 radical (unpaired) electrons. The van der Waals surface area contributed by atoms with E-state index >= 15 is 0 Å². The Balaban J connectivity index is 1.55. The lowest BCUT2D eigenvalue weighted by Gasteiger charge is -2.10. The SMILES string of the molecule is Cc1cc(C)n(CCCNc2ccc(S(=O)(=O)Nc3ccc(F)c(F)c3)cn2)n1. The maximum absolute atomic E-state index is 13.3. The van der Waals surface area contributed by atoms with E-state index in [1.54, 1.807) is 6.07 Å². The molecule has 0 aliphatic rings. The number of aromatic nitrogens is 3. The van der Waals surface area contributed by atoms with Gasteiger partial charge in [0.2, 0.25) is 0 Å². The molecule has 2 aromatic heterocycles. The highest BCUT2D eigenvalue weighted by atomic mass is 32.2. The summed E-state index contributed by atoms with van der Waals surface area (Å²) in [7, 11) is -3.96. The molecular formula is C19H21F2N5O2S. The summed E-state index contributed by atoms with van der Waals surface area (Å²) in [5.74, 6) is -1.66. The van der Waals surface area contributed by atoms with Crippen LogP contribution in [0.3, 0.4) is 0 Å². The summed E-state index contributed by atoms with van der Waals surface area (Å²) in [6.07, 6.45) is 2.02. The molecule has 3 rings (SSSR count). The van der Waals surface area contributed by atoms with E-state index in [0.29, 0.717) is 12.4 Å². The monoisotopic (exact) mass is 421 g/mol. The zero-order chi connectivity index (χ0) is 21.0. The summed E-state index contributed by atoms with van der Waals surface area (Å²) in [5, 5.41) is 7.52. The minimum atomic E-state index is -3.96. The molecule has 2 N–H and O–H groups in total. The van der Waals surface area contributed by atoms with Crippen LogP contribution in [0.5, 0.6) is 0 Å². The van der Waals surface area contributed by atoms with Crippen molar-refractivity contribution in [2.24, 2.45) is 0 Å². The number of hydrogen-bond acceptors (Lipinski definition) is 5. The molecule has 7 nitrogen and oxygen atoms in total. The third-order valence-electron chi connectivity index (χ3n) is 4.17. The van der Waals surface area contributed by atoms with Crippen LogP contribution < -0.4 is 10.0 Å². The van der Waals surface area contributed by atoms with E-state index in [1.165, 1.54) is 12.3 Å². The van der Waals surface area contributed by atoms with Gasteiger partial charge in [0.05, 0.1) is 11.4 Å². The number of halogens is 2. The van der Waals surface area contributed by atoms with Crippen LogP contribution in [0.2, 0.25) is 0 Å². The van der Waals surface area contributed by atoms with Crippen LogP contribution in [-0.2, 0) is 16.6 Å². The van der Waals surface area contributed by atoms with Crippen molar-refractivity contribution in [3.05, 3.63) is 65.6 Å². The zero-order valence-electron chi connectivity index (χ0n) is 16.0. The van der Waals surface area contributed by atoms with E-state index in [9.17, 15) is 17.2 Å². The molecule has 0 bridgehead atoms. The predicted molar refractivity (Wildman–Crippen MR) is 106 cm³/mol. The molecule has 29 heavy (non-hydrogen) atoms. The first-order valence-corrected chi connectivity index (χ1v) is 10.4. The minimum absolute atomic E-state index is 0.0738. The average Bonchev–Trinajstić information content (AvgIpc) is 2.99. The maximum Gasteiger partial charge on any atom is 0.263 e. The Hall–Kier alpha value is -3.01. The molecule has 0 saturated heterocycles. The van der Waals surface area contributed by atoms with Crippen molar-refractivity contribution in [2.45, 2.75) is 31.7 Å².